The van der Waals surface area contributed by atoms with Gasteiger partial charge in [0, 0.05) is 17.8 Å². The zero-order valence-electron chi connectivity index (χ0n) is 10.1. The molecule has 0 spiro atoms. The minimum absolute atomic E-state index is 0.00743. The topological polar surface area (TPSA) is 72.0 Å². The van der Waals surface area contributed by atoms with Gasteiger partial charge in [0.2, 0.25) is 5.88 Å². The van der Waals surface area contributed by atoms with Crippen molar-refractivity contribution in [1.82, 2.24) is 4.98 Å². The number of benzene rings is 1. The molecule has 20 heavy (non-hydrogen) atoms. The fourth-order valence-corrected chi connectivity index (χ4v) is 1.49. The van der Waals surface area contributed by atoms with Gasteiger partial charge >= 0.3 is 6.18 Å². The van der Waals surface area contributed by atoms with E-state index in [2.05, 4.69) is 4.98 Å². The van der Waals surface area contributed by atoms with Crippen LogP contribution in [0.4, 0.5) is 13.2 Å². The summed E-state index contributed by atoms with van der Waals surface area (Å²) in [5.74, 6) is -0.105. The monoisotopic (exact) mass is 281 g/mol. The fourth-order valence-electron chi connectivity index (χ4n) is 1.49. The molecule has 0 amide bonds. The lowest BCUT2D eigenvalue weighted by Crippen LogP contribution is -2.11. The SMILES string of the molecule is N=C(N)c1ccnc(Oc2cccc(C(F)(F)F)c2)c1. The molecule has 0 bridgehead atoms. The molecule has 0 aliphatic carbocycles. The predicted molar refractivity (Wildman–Crippen MR) is 66.8 cm³/mol. The van der Waals surface area contributed by atoms with Gasteiger partial charge in [0.05, 0.1) is 5.56 Å². The summed E-state index contributed by atoms with van der Waals surface area (Å²) < 4.78 is 42.9. The Morgan fingerprint density at radius 1 is 1.20 bits per heavy atom. The van der Waals surface area contributed by atoms with Gasteiger partial charge < -0.3 is 10.5 Å². The van der Waals surface area contributed by atoms with E-state index < -0.39 is 11.7 Å². The maximum Gasteiger partial charge on any atom is 0.416 e. The average molecular weight is 281 g/mol. The predicted octanol–water partition coefficient (Wildman–Crippen LogP) is 3.18. The summed E-state index contributed by atoms with van der Waals surface area (Å²) in [6.07, 6.45) is -3.08. The third-order valence-corrected chi connectivity index (χ3v) is 2.43. The summed E-state index contributed by atoms with van der Waals surface area (Å²) in [6.45, 7) is 0. The van der Waals surface area contributed by atoms with Gasteiger partial charge in [-0.2, -0.15) is 13.2 Å². The Hall–Kier alpha value is -2.57. The second-order valence-electron chi connectivity index (χ2n) is 3.92. The molecule has 4 nitrogen and oxygen atoms in total. The zero-order chi connectivity index (χ0) is 14.8. The molecular formula is C13H10F3N3O. The van der Waals surface area contributed by atoms with E-state index in [1.54, 1.807) is 0 Å². The number of hydrogen-bond acceptors (Lipinski definition) is 3. The van der Waals surface area contributed by atoms with E-state index in [1.807, 2.05) is 0 Å². The second-order valence-corrected chi connectivity index (χ2v) is 3.92. The van der Waals surface area contributed by atoms with Crippen molar-refractivity contribution in [2.24, 2.45) is 5.73 Å². The number of amidine groups is 1. The first-order chi connectivity index (χ1) is 9.36. The van der Waals surface area contributed by atoms with Crippen LogP contribution >= 0.6 is 0 Å². The van der Waals surface area contributed by atoms with Crippen LogP contribution in [0.3, 0.4) is 0 Å². The molecule has 0 aliphatic rings. The van der Waals surface area contributed by atoms with E-state index >= 15 is 0 Å². The van der Waals surface area contributed by atoms with Gasteiger partial charge in [-0.15, -0.1) is 0 Å². The van der Waals surface area contributed by atoms with Crippen molar-refractivity contribution in [3.8, 4) is 11.6 Å². The molecule has 0 saturated heterocycles. The fraction of sp³-hybridized carbons (Fsp3) is 0.0769. The average Bonchev–Trinajstić information content (AvgIpc) is 2.38. The van der Waals surface area contributed by atoms with Crippen molar-refractivity contribution < 1.29 is 17.9 Å². The molecule has 0 saturated carbocycles. The number of nitrogens with zero attached hydrogens (tertiary/aromatic N) is 1. The number of alkyl halides is 3. The summed E-state index contributed by atoms with van der Waals surface area (Å²) in [4.78, 5) is 3.85. The van der Waals surface area contributed by atoms with Gasteiger partial charge in [0.25, 0.3) is 0 Å². The molecule has 0 radical (unpaired) electrons. The first kappa shape index (κ1) is 13.9. The molecule has 2 rings (SSSR count). The highest BCUT2D eigenvalue weighted by Crippen LogP contribution is 2.32. The Morgan fingerprint density at radius 2 is 1.95 bits per heavy atom. The van der Waals surface area contributed by atoms with Gasteiger partial charge in [0.15, 0.2) is 0 Å². The van der Waals surface area contributed by atoms with E-state index in [-0.39, 0.29) is 17.5 Å². The van der Waals surface area contributed by atoms with Crippen molar-refractivity contribution in [1.29, 1.82) is 5.41 Å². The molecule has 1 heterocycles. The highest BCUT2D eigenvalue weighted by molar-refractivity contribution is 5.95. The number of hydrogen-bond donors (Lipinski definition) is 2. The molecule has 2 aromatic rings. The molecule has 0 fully saturated rings. The van der Waals surface area contributed by atoms with E-state index in [4.69, 9.17) is 15.9 Å². The number of ether oxygens (including phenoxy) is 1. The van der Waals surface area contributed by atoms with Crippen molar-refractivity contribution in [3.05, 3.63) is 53.7 Å². The minimum Gasteiger partial charge on any atom is -0.439 e. The van der Waals surface area contributed by atoms with E-state index in [1.165, 1.54) is 30.5 Å². The van der Waals surface area contributed by atoms with Gasteiger partial charge in [0.1, 0.15) is 11.6 Å². The van der Waals surface area contributed by atoms with Gasteiger partial charge in [-0.3, -0.25) is 5.41 Å². The van der Waals surface area contributed by atoms with Crippen molar-refractivity contribution in [3.63, 3.8) is 0 Å². The summed E-state index contributed by atoms with van der Waals surface area (Å²) >= 11 is 0. The highest BCUT2D eigenvalue weighted by atomic mass is 19.4. The first-order valence-electron chi connectivity index (χ1n) is 5.52. The third kappa shape index (κ3) is 3.25. The Morgan fingerprint density at radius 3 is 2.60 bits per heavy atom. The van der Waals surface area contributed by atoms with Crippen LogP contribution in [0, 0.1) is 5.41 Å². The van der Waals surface area contributed by atoms with E-state index in [9.17, 15) is 13.2 Å². The third-order valence-electron chi connectivity index (χ3n) is 2.43. The molecule has 1 aromatic heterocycles. The second kappa shape index (κ2) is 5.20. The maximum absolute atomic E-state index is 12.6. The van der Waals surface area contributed by atoms with Crippen LogP contribution in [0.2, 0.25) is 0 Å². The summed E-state index contributed by atoms with van der Waals surface area (Å²) in [6, 6.07) is 7.34. The van der Waals surface area contributed by atoms with E-state index in [0.717, 1.165) is 12.1 Å². The normalized spacial score (nSPS) is 11.2. The molecule has 0 aliphatic heterocycles. The molecular weight excluding hydrogens is 271 g/mol. The summed E-state index contributed by atoms with van der Waals surface area (Å²) in [5, 5.41) is 7.27. The van der Waals surface area contributed by atoms with Crippen molar-refractivity contribution in [2.45, 2.75) is 6.18 Å². The summed E-state index contributed by atoms with van der Waals surface area (Å²) in [5.41, 5.74) is 4.88. The molecule has 1 aromatic carbocycles. The van der Waals surface area contributed by atoms with Crippen LogP contribution in [-0.2, 0) is 6.18 Å². The number of nitrogens with one attached hydrogen (secondary N) is 1. The Balaban J connectivity index is 2.26. The van der Waals surface area contributed by atoms with Crippen LogP contribution in [-0.4, -0.2) is 10.8 Å². The van der Waals surface area contributed by atoms with Crippen molar-refractivity contribution in [2.75, 3.05) is 0 Å². The lowest BCUT2D eigenvalue weighted by molar-refractivity contribution is -0.137. The number of halogens is 3. The number of nitrogens with two attached hydrogens (primary N) is 1. The Kier molecular flexibility index (Phi) is 3.60. The smallest absolute Gasteiger partial charge is 0.416 e. The van der Waals surface area contributed by atoms with Gasteiger partial charge in [-0.25, -0.2) is 4.98 Å². The molecule has 0 unspecified atom stereocenters. The number of aromatic nitrogens is 1. The largest absolute Gasteiger partial charge is 0.439 e. The van der Waals surface area contributed by atoms with E-state index in [0.29, 0.717) is 5.56 Å². The van der Waals surface area contributed by atoms with Gasteiger partial charge in [-0.1, -0.05) is 6.07 Å². The zero-order valence-corrected chi connectivity index (χ0v) is 10.1. The van der Waals surface area contributed by atoms with Gasteiger partial charge in [-0.05, 0) is 24.3 Å². The first-order valence-corrected chi connectivity index (χ1v) is 5.52. The van der Waals surface area contributed by atoms with Crippen LogP contribution in [0.5, 0.6) is 11.6 Å². The molecule has 0 atom stereocenters. The summed E-state index contributed by atoms with van der Waals surface area (Å²) in [7, 11) is 0. The Bertz CT molecular complexity index is 641. The van der Waals surface area contributed by atoms with Crippen LogP contribution in [0.1, 0.15) is 11.1 Å². The van der Waals surface area contributed by atoms with Crippen LogP contribution < -0.4 is 10.5 Å². The van der Waals surface area contributed by atoms with Crippen LogP contribution in [0.25, 0.3) is 0 Å². The lowest BCUT2D eigenvalue weighted by Gasteiger charge is -2.09. The van der Waals surface area contributed by atoms with Crippen LogP contribution in [0.15, 0.2) is 42.6 Å². The lowest BCUT2D eigenvalue weighted by atomic mass is 10.2. The molecule has 3 N–H and O–H groups in total. The highest BCUT2D eigenvalue weighted by Gasteiger charge is 2.30. The minimum atomic E-state index is -4.44. The number of pyridine rings is 1. The molecule has 7 heteroatoms. The quantitative estimate of drug-likeness (QED) is 0.670. The van der Waals surface area contributed by atoms with Crippen molar-refractivity contribution >= 4 is 5.84 Å². The molecule has 104 valence electrons. The number of rotatable bonds is 3. The standard InChI is InChI=1S/C13H10F3N3O/c14-13(15,16)9-2-1-3-10(7-9)20-11-6-8(12(17)18)4-5-19-11/h1-7H,(H3,17,18). The number of nitrogen functional groups attached to an aromatic ring is 1. The maximum atomic E-state index is 12.6. The Labute approximate surface area is 112 Å².